The second-order valence-electron chi connectivity index (χ2n) is 4.54. The van der Waals surface area contributed by atoms with Crippen molar-refractivity contribution in [1.82, 2.24) is 0 Å². The molecule has 0 spiro atoms. The zero-order chi connectivity index (χ0) is 15.4. The molecule has 110 valence electrons. The van der Waals surface area contributed by atoms with Gasteiger partial charge in [-0.3, -0.25) is 9.00 Å². The third-order valence-corrected chi connectivity index (χ3v) is 5.02. The number of nitrogens with two attached hydrogens (primary N) is 1. The SMILES string of the molecule is Cc1cc(N)ccc1S(=O)CC(=O)Nc1ccccc1Br. The van der Waals surface area contributed by atoms with Crippen LogP contribution in [0.5, 0.6) is 0 Å². The lowest BCUT2D eigenvalue weighted by molar-refractivity contribution is -0.113. The van der Waals surface area contributed by atoms with E-state index in [9.17, 15) is 9.00 Å². The van der Waals surface area contributed by atoms with Gasteiger partial charge in [-0.15, -0.1) is 0 Å². The molecule has 1 unspecified atom stereocenters. The minimum Gasteiger partial charge on any atom is -0.399 e. The van der Waals surface area contributed by atoms with E-state index in [4.69, 9.17) is 5.73 Å². The van der Waals surface area contributed by atoms with Crippen molar-refractivity contribution in [3.05, 3.63) is 52.5 Å². The van der Waals surface area contributed by atoms with Crippen LogP contribution in [0.15, 0.2) is 51.8 Å². The van der Waals surface area contributed by atoms with Gasteiger partial charge in [-0.1, -0.05) is 12.1 Å². The Morgan fingerprint density at radius 2 is 2.00 bits per heavy atom. The summed E-state index contributed by atoms with van der Waals surface area (Å²) in [6.07, 6.45) is 0. The summed E-state index contributed by atoms with van der Waals surface area (Å²) in [7, 11) is -1.40. The Kier molecular flexibility index (Phi) is 5.14. The summed E-state index contributed by atoms with van der Waals surface area (Å²) >= 11 is 3.35. The lowest BCUT2D eigenvalue weighted by Crippen LogP contribution is -2.20. The van der Waals surface area contributed by atoms with Gasteiger partial charge < -0.3 is 11.1 Å². The first-order valence-electron chi connectivity index (χ1n) is 6.26. The van der Waals surface area contributed by atoms with E-state index in [1.165, 1.54) is 0 Å². The highest BCUT2D eigenvalue weighted by Gasteiger charge is 2.13. The highest BCUT2D eigenvalue weighted by atomic mass is 79.9. The number of nitrogen functional groups attached to an aromatic ring is 1. The molecule has 0 heterocycles. The molecule has 0 fully saturated rings. The molecule has 2 aromatic carbocycles. The lowest BCUT2D eigenvalue weighted by Gasteiger charge is -2.09. The van der Waals surface area contributed by atoms with E-state index in [1.54, 1.807) is 24.3 Å². The van der Waals surface area contributed by atoms with Crippen LogP contribution < -0.4 is 11.1 Å². The van der Waals surface area contributed by atoms with Gasteiger partial charge in [-0.05, 0) is 58.7 Å². The van der Waals surface area contributed by atoms with Gasteiger partial charge in [0.2, 0.25) is 5.91 Å². The van der Waals surface area contributed by atoms with Gasteiger partial charge >= 0.3 is 0 Å². The molecule has 2 rings (SSSR count). The van der Waals surface area contributed by atoms with Crippen LogP contribution in [-0.4, -0.2) is 15.9 Å². The maximum absolute atomic E-state index is 12.3. The summed E-state index contributed by atoms with van der Waals surface area (Å²) in [4.78, 5) is 12.6. The molecule has 2 aromatic rings. The maximum atomic E-state index is 12.3. The number of amides is 1. The Labute approximate surface area is 134 Å². The van der Waals surface area contributed by atoms with E-state index in [2.05, 4.69) is 21.2 Å². The zero-order valence-corrected chi connectivity index (χ0v) is 13.8. The Hall–Kier alpha value is -1.66. The van der Waals surface area contributed by atoms with Crippen molar-refractivity contribution in [3.8, 4) is 0 Å². The first kappa shape index (κ1) is 15.7. The van der Waals surface area contributed by atoms with Gasteiger partial charge in [-0.2, -0.15) is 0 Å². The Morgan fingerprint density at radius 3 is 2.67 bits per heavy atom. The molecule has 0 aliphatic carbocycles. The molecule has 1 amide bonds. The Balaban J connectivity index is 2.06. The van der Waals surface area contributed by atoms with Gasteiger partial charge in [0.15, 0.2) is 0 Å². The lowest BCUT2D eigenvalue weighted by atomic mass is 10.2. The van der Waals surface area contributed by atoms with E-state index in [1.807, 2.05) is 25.1 Å². The molecule has 0 bridgehead atoms. The van der Waals surface area contributed by atoms with Gasteiger partial charge in [0, 0.05) is 15.1 Å². The smallest absolute Gasteiger partial charge is 0.237 e. The minimum atomic E-state index is -1.40. The molecule has 1 atom stereocenters. The first-order chi connectivity index (χ1) is 9.97. The van der Waals surface area contributed by atoms with Crippen LogP contribution in [0, 0.1) is 6.92 Å². The number of hydrogen-bond acceptors (Lipinski definition) is 3. The van der Waals surface area contributed by atoms with E-state index in [-0.39, 0.29) is 11.7 Å². The number of para-hydroxylation sites is 1. The van der Waals surface area contributed by atoms with Crippen LogP contribution in [0.1, 0.15) is 5.56 Å². The third-order valence-electron chi connectivity index (χ3n) is 2.85. The number of benzene rings is 2. The van der Waals surface area contributed by atoms with Crippen molar-refractivity contribution >= 4 is 44.0 Å². The summed E-state index contributed by atoms with van der Waals surface area (Å²) in [6.45, 7) is 1.83. The van der Waals surface area contributed by atoms with Crippen molar-refractivity contribution < 1.29 is 9.00 Å². The molecule has 0 saturated carbocycles. The topological polar surface area (TPSA) is 72.2 Å². The van der Waals surface area contributed by atoms with E-state index in [0.29, 0.717) is 16.3 Å². The molecule has 6 heteroatoms. The second-order valence-corrected chi connectivity index (χ2v) is 6.82. The number of halogens is 1. The van der Waals surface area contributed by atoms with Gasteiger partial charge in [0.25, 0.3) is 0 Å². The minimum absolute atomic E-state index is 0.0912. The monoisotopic (exact) mass is 366 g/mol. The van der Waals surface area contributed by atoms with Crippen LogP contribution in [0.2, 0.25) is 0 Å². The molecule has 21 heavy (non-hydrogen) atoms. The van der Waals surface area contributed by atoms with Crippen LogP contribution >= 0.6 is 15.9 Å². The van der Waals surface area contributed by atoms with Crippen molar-refractivity contribution in [3.63, 3.8) is 0 Å². The molecule has 0 saturated heterocycles. The molecule has 0 aliphatic heterocycles. The van der Waals surface area contributed by atoms with Crippen LogP contribution in [0.25, 0.3) is 0 Å². The molecule has 0 aliphatic rings. The molecule has 0 radical (unpaired) electrons. The van der Waals surface area contributed by atoms with Gasteiger partial charge in [0.05, 0.1) is 16.5 Å². The standard InChI is InChI=1S/C15H15BrN2O2S/c1-10-8-11(17)6-7-14(10)21(20)9-15(19)18-13-5-3-2-4-12(13)16/h2-8H,9,17H2,1H3,(H,18,19). The van der Waals surface area contributed by atoms with E-state index >= 15 is 0 Å². The molecule has 4 nitrogen and oxygen atoms in total. The van der Waals surface area contributed by atoms with Crippen molar-refractivity contribution in [2.45, 2.75) is 11.8 Å². The van der Waals surface area contributed by atoms with Crippen molar-refractivity contribution in [2.75, 3.05) is 16.8 Å². The van der Waals surface area contributed by atoms with E-state index in [0.717, 1.165) is 10.0 Å². The van der Waals surface area contributed by atoms with Gasteiger partial charge in [0.1, 0.15) is 5.75 Å². The van der Waals surface area contributed by atoms with Crippen LogP contribution in [0.3, 0.4) is 0 Å². The highest BCUT2D eigenvalue weighted by Crippen LogP contribution is 2.21. The summed E-state index contributed by atoms with van der Waals surface area (Å²) in [5.74, 6) is -0.386. The van der Waals surface area contributed by atoms with Crippen molar-refractivity contribution in [2.24, 2.45) is 0 Å². The predicted molar refractivity (Wildman–Crippen MR) is 89.6 cm³/mol. The highest BCUT2D eigenvalue weighted by molar-refractivity contribution is 9.10. The summed E-state index contributed by atoms with van der Waals surface area (Å²) in [5, 5.41) is 2.74. The average molecular weight is 367 g/mol. The third kappa shape index (κ3) is 4.15. The average Bonchev–Trinajstić information content (AvgIpc) is 2.41. The number of carbonyl (C=O) groups excluding carboxylic acids is 1. The summed E-state index contributed by atoms with van der Waals surface area (Å²) < 4.78 is 13.0. The normalized spacial score (nSPS) is 11.9. The number of aryl methyl sites for hydroxylation is 1. The fourth-order valence-corrected chi connectivity index (χ4v) is 3.36. The second kappa shape index (κ2) is 6.87. The summed E-state index contributed by atoms with van der Waals surface area (Å²) in [5.41, 5.74) is 7.76. The maximum Gasteiger partial charge on any atom is 0.237 e. The fourth-order valence-electron chi connectivity index (χ4n) is 1.87. The Morgan fingerprint density at radius 1 is 1.29 bits per heavy atom. The molecule has 3 N–H and O–H groups in total. The number of nitrogens with one attached hydrogen (secondary N) is 1. The fraction of sp³-hybridized carbons (Fsp3) is 0.133. The zero-order valence-electron chi connectivity index (χ0n) is 11.4. The van der Waals surface area contributed by atoms with Crippen molar-refractivity contribution in [1.29, 1.82) is 0 Å². The number of rotatable bonds is 4. The first-order valence-corrected chi connectivity index (χ1v) is 8.37. The molecule has 0 aromatic heterocycles. The number of hydrogen-bond donors (Lipinski definition) is 2. The number of anilines is 2. The summed E-state index contributed by atoms with van der Waals surface area (Å²) in [6, 6.07) is 12.4. The van der Waals surface area contributed by atoms with Crippen LogP contribution in [-0.2, 0) is 15.6 Å². The number of carbonyl (C=O) groups is 1. The van der Waals surface area contributed by atoms with Crippen LogP contribution in [0.4, 0.5) is 11.4 Å². The van der Waals surface area contributed by atoms with E-state index < -0.39 is 10.8 Å². The quantitative estimate of drug-likeness (QED) is 0.816. The van der Waals surface area contributed by atoms with Gasteiger partial charge in [-0.25, -0.2) is 0 Å². The largest absolute Gasteiger partial charge is 0.399 e. The molecular weight excluding hydrogens is 352 g/mol. The molecular formula is C15H15BrN2O2S. The Bertz CT molecular complexity index is 704. The predicted octanol–water partition coefficient (Wildman–Crippen LogP) is 3.09.